The number of ether oxygens (including phenoxy) is 1. The highest BCUT2D eigenvalue weighted by Crippen LogP contribution is 2.51. The number of aromatic amines is 1. The number of hydrogen-bond acceptors (Lipinski definition) is 6. The summed E-state index contributed by atoms with van der Waals surface area (Å²) in [5, 5.41) is 8.57. The first-order chi connectivity index (χ1) is 28.3. The fraction of sp³-hybridized carbons (Fsp3) is 0.311. The minimum absolute atomic E-state index is 0.246. The number of anilines is 2. The summed E-state index contributed by atoms with van der Waals surface area (Å²) in [7, 11) is 1.60. The van der Waals surface area contributed by atoms with Crippen molar-refractivity contribution in [3.05, 3.63) is 123 Å². The number of nitrogens with zero attached hydrogens (tertiary/aromatic N) is 4. The van der Waals surface area contributed by atoms with E-state index in [1.54, 1.807) is 25.6 Å². The molecule has 6 aromatic rings. The van der Waals surface area contributed by atoms with E-state index in [4.69, 9.17) is 44.5 Å². The SMILES string of the molecule is COCCNC(=O)c1ccc(N2CCN(C3CCCCC3)CC2)c(NC(=O)c2[nH]c3cc(Cl)cc4c3c2-c2c(-c3ccccc3)ncn2[C@@H]4c2ccc(Cl)cc2Cl)c1. The summed E-state index contributed by atoms with van der Waals surface area (Å²) in [6, 6.07) is 25.0. The fourth-order valence-electron chi connectivity index (χ4n) is 9.13. The molecule has 4 aromatic carbocycles. The van der Waals surface area contributed by atoms with E-state index in [-0.39, 0.29) is 11.8 Å². The maximum absolute atomic E-state index is 15.0. The van der Waals surface area contributed by atoms with Gasteiger partial charge in [-0.25, -0.2) is 4.98 Å². The number of carbonyl (C=O) groups is 2. The third-order valence-electron chi connectivity index (χ3n) is 11.9. The average molecular weight is 837 g/mol. The van der Waals surface area contributed by atoms with Crippen LogP contribution in [0.1, 0.15) is 70.1 Å². The standard InChI is InChI=1S/C45H44Cl3N7O3/c1-58-21-16-49-44(56)28-12-15-37(54-19-17-53(18-20-54)31-10-6-3-7-11-31)35(22-28)52-45(57)41-39-38-33(23-30(47)25-36(38)51-41)42(32-14-13-29(46)24-34(32)48)55-26-50-40(43(39)55)27-8-4-2-5-9-27/h2,4-5,8-9,12-15,22-26,31,42,51H,3,6-7,10-11,16-21H2,1H3,(H,49,56)(H,52,57)/t42-/m1/s1. The topological polar surface area (TPSA) is 108 Å². The summed E-state index contributed by atoms with van der Waals surface area (Å²) >= 11 is 20.2. The summed E-state index contributed by atoms with van der Waals surface area (Å²) in [6.07, 6.45) is 8.22. The van der Waals surface area contributed by atoms with Crippen LogP contribution in [0, 0.1) is 0 Å². The van der Waals surface area contributed by atoms with Gasteiger partial charge < -0.3 is 29.8 Å². The van der Waals surface area contributed by atoms with Gasteiger partial charge in [0, 0.05) is 88.5 Å². The van der Waals surface area contributed by atoms with E-state index in [0.29, 0.717) is 62.3 Å². The smallest absolute Gasteiger partial charge is 0.272 e. The number of rotatable bonds is 10. The number of benzene rings is 4. The van der Waals surface area contributed by atoms with Gasteiger partial charge in [-0.1, -0.05) is 90.5 Å². The molecule has 4 heterocycles. The molecule has 2 aromatic heterocycles. The zero-order chi connectivity index (χ0) is 39.9. The number of fused-ring (bicyclic) bond motifs is 2. The average Bonchev–Trinajstić information content (AvgIpc) is 3.85. The highest BCUT2D eigenvalue weighted by atomic mass is 35.5. The fourth-order valence-corrected chi connectivity index (χ4v) is 9.87. The zero-order valence-corrected chi connectivity index (χ0v) is 34.4. The quantitative estimate of drug-likeness (QED) is 0.119. The maximum atomic E-state index is 15.0. The number of piperazine rings is 1. The van der Waals surface area contributed by atoms with Crippen LogP contribution in [0.2, 0.25) is 15.1 Å². The minimum atomic E-state index is -0.419. The lowest BCUT2D eigenvalue weighted by atomic mass is 9.87. The highest BCUT2D eigenvalue weighted by Gasteiger charge is 2.37. The Kier molecular flexibility index (Phi) is 11.0. The number of aromatic nitrogens is 3. The van der Waals surface area contributed by atoms with Gasteiger partial charge in [-0.2, -0.15) is 0 Å². The lowest BCUT2D eigenvalue weighted by molar-refractivity contribution is 0.0936. The normalized spacial score (nSPS) is 17.0. The summed E-state index contributed by atoms with van der Waals surface area (Å²) in [6.45, 7) is 4.26. The summed E-state index contributed by atoms with van der Waals surface area (Å²) in [5.74, 6) is -0.605. The van der Waals surface area contributed by atoms with Crippen molar-refractivity contribution in [1.82, 2.24) is 24.8 Å². The van der Waals surface area contributed by atoms with Crippen LogP contribution >= 0.6 is 34.8 Å². The zero-order valence-electron chi connectivity index (χ0n) is 32.2. The second-order valence-electron chi connectivity index (χ2n) is 15.3. The molecule has 1 aliphatic carbocycles. The summed E-state index contributed by atoms with van der Waals surface area (Å²) < 4.78 is 7.22. The molecule has 0 bridgehead atoms. The molecule has 0 radical (unpaired) electrons. The Labute approximate surface area is 352 Å². The predicted octanol–water partition coefficient (Wildman–Crippen LogP) is 9.69. The molecule has 1 atom stereocenters. The Balaban J connectivity index is 1.15. The van der Waals surface area contributed by atoms with Crippen LogP contribution in [0.15, 0.2) is 85.2 Å². The molecule has 0 unspecified atom stereocenters. The lowest BCUT2D eigenvalue weighted by Gasteiger charge is -2.42. The van der Waals surface area contributed by atoms with Gasteiger partial charge in [0.15, 0.2) is 0 Å². The molecule has 1 saturated heterocycles. The van der Waals surface area contributed by atoms with E-state index in [1.165, 1.54) is 32.1 Å². The largest absolute Gasteiger partial charge is 0.383 e. The van der Waals surface area contributed by atoms with Gasteiger partial charge in [-0.3, -0.25) is 14.5 Å². The van der Waals surface area contributed by atoms with Gasteiger partial charge >= 0.3 is 0 Å². The maximum Gasteiger partial charge on any atom is 0.272 e. The number of carbonyl (C=O) groups excluding carboxylic acids is 2. The number of amides is 2. The van der Waals surface area contributed by atoms with E-state index in [9.17, 15) is 4.79 Å². The second kappa shape index (κ2) is 16.4. The van der Waals surface area contributed by atoms with Gasteiger partial charge in [-0.05, 0) is 66.4 Å². The number of halogens is 3. The molecule has 1 saturated carbocycles. The molecule has 298 valence electrons. The van der Waals surface area contributed by atoms with Crippen molar-refractivity contribution in [1.29, 1.82) is 0 Å². The number of imidazole rings is 1. The Morgan fingerprint density at radius 2 is 1.66 bits per heavy atom. The Morgan fingerprint density at radius 1 is 0.862 bits per heavy atom. The number of H-pyrrole nitrogens is 1. The first kappa shape index (κ1) is 38.7. The molecule has 3 aliphatic rings. The number of hydrogen-bond donors (Lipinski definition) is 3. The van der Waals surface area contributed by atoms with Crippen molar-refractivity contribution in [2.45, 2.75) is 44.2 Å². The monoisotopic (exact) mass is 835 g/mol. The molecule has 2 fully saturated rings. The van der Waals surface area contributed by atoms with Crippen molar-refractivity contribution in [3.8, 4) is 22.5 Å². The molecule has 2 amide bonds. The van der Waals surface area contributed by atoms with Crippen LogP contribution in [0.25, 0.3) is 33.4 Å². The third kappa shape index (κ3) is 7.26. The molecule has 10 nitrogen and oxygen atoms in total. The van der Waals surface area contributed by atoms with Gasteiger partial charge in [0.05, 0.1) is 41.7 Å². The van der Waals surface area contributed by atoms with E-state index in [0.717, 1.165) is 65.3 Å². The van der Waals surface area contributed by atoms with Gasteiger partial charge in [-0.15, -0.1) is 0 Å². The summed E-state index contributed by atoms with van der Waals surface area (Å²) in [5.41, 5.74) is 7.68. The van der Waals surface area contributed by atoms with Crippen LogP contribution in [0.3, 0.4) is 0 Å². The van der Waals surface area contributed by atoms with Crippen molar-refractivity contribution >= 4 is 68.9 Å². The molecular weight excluding hydrogens is 793 g/mol. The lowest BCUT2D eigenvalue weighted by Crippen LogP contribution is -2.51. The number of nitrogens with one attached hydrogen (secondary N) is 3. The number of methoxy groups -OCH3 is 1. The van der Waals surface area contributed by atoms with Gasteiger partial charge in [0.1, 0.15) is 5.69 Å². The van der Waals surface area contributed by atoms with Crippen molar-refractivity contribution in [2.75, 3.05) is 56.7 Å². The van der Waals surface area contributed by atoms with Gasteiger partial charge in [0.25, 0.3) is 11.8 Å². The predicted molar refractivity (Wildman–Crippen MR) is 233 cm³/mol. The Hall–Kier alpha value is -4.84. The molecule has 58 heavy (non-hydrogen) atoms. The molecule has 9 rings (SSSR count). The van der Waals surface area contributed by atoms with E-state index in [2.05, 4.69) is 30.0 Å². The molecular formula is C45H44Cl3N7O3. The van der Waals surface area contributed by atoms with Crippen molar-refractivity contribution in [2.24, 2.45) is 0 Å². The molecule has 2 aliphatic heterocycles. The highest BCUT2D eigenvalue weighted by molar-refractivity contribution is 6.35. The first-order valence-corrected chi connectivity index (χ1v) is 21.1. The Morgan fingerprint density at radius 3 is 2.41 bits per heavy atom. The molecule has 0 spiro atoms. The van der Waals surface area contributed by atoms with E-state index in [1.807, 2.05) is 66.7 Å². The van der Waals surface area contributed by atoms with E-state index < -0.39 is 6.04 Å². The van der Waals surface area contributed by atoms with Crippen LogP contribution < -0.4 is 15.5 Å². The van der Waals surface area contributed by atoms with E-state index >= 15 is 4.79 Å². The molecule has 3 N–H and O–H groups in total. The Bertz CT molecular complexity index is 2500. The van der Waals surface area contributed by atoms with Crippen LogP contribution in [0.5, 0.6) is 0 Å². The van der Waals surface area contributed by atoms with Crippen LogP contribution in [0.4, 0.5) is 11.4 Å². The summed E-state index contributed by atoms with van der Waals surface area (Å²) in [4.78, 5) is 41.7. The second-order valence-corrected chi connectivity index (χ2v) is 16.6. The van der Waals surface area contributed by atoms with Crippen molar-refractivity contribution < 1.29 is 14.3 Å². The van der Waals surface area contributed by atoms with Crippen LogP contribution in [-0.2, 0) is 4.74 Å². The van der Waals surface area contributed by atoms with Crippen LogP contribution in [-0.4, -0.2) is 83.7 Å². The minimum Gasteiger partial charge on any atom is -0.383 e. The third-order valence-corrected chi connectivity index (χ3v) is 12.7. The van der Waals surface area contributed by atoms with Gasteiger partial charge in [0.2, 0.25) is 0 Å². The van der Waals surface area contributed by atoms with Crippen molar-refractivity contribution in [3.63, 3.8) is 0 Å². The molecule has 13 heteroatoms. The first-order valence-electron chi connectivity index (χ1n) is 19.9.